The van der Waals surface area contributed by atoms with Gasteiger partial charge in [-0.25, -0.2) is 13.1 Å². The summed E-state index contributed by atoms with van der Waals surface area (Å²) in [5.74, 6) is -0.276. The molecule has 4 N–H and O–H groups in total. The topological polar surface area (TPSA) is 101 Å². The van der Waals surface area contributed by atoms with E-state index in [9.17, 15) is 13.2 Å². The van der Waals surface area contributed by atoms with Crippen molar-refractivity contribution >= 4 is 34.0 Å². The second-order valence-electron chi connectivity index (χ2n) is 7.24. The predicted molar refractivity (Wildman–Crippen MR) is 105 cm³/mol. The van der Waals surface area contributed by atoms with E-state index in [0.29, 0.717) is 11.3 Å². The quantitative estimate of drug-likeness (QED) is 0.693. The lowest BCUT2D eigenvalue weighted by Crippen LogP contribution is -2.41. The second kappa shape index (κ2) is 8.98. The van der Waals surface area contributed by atoms with Crippen molar-refractivity contribution in [2.75, 3.05) is 5.32 Å². The molecule has 0 spiro atoms. The number of halogens is 1. The number of hydrogen-bond acceptors (Lipinski definition) is 4. The highest BCUT2D eigenvalue weighted by Crippen LogP contribution is 2.22. The van der Waals surface area contributed by atoms with E-state index in [1.165, 1.54) is 6.07 Å². The lowest BCUT2D eigenvalue weighted by Gasteiger charge is -2.22. The smallest absolute Gasteiger partial charge is 0.241 e. The van der Waals surface area contributed by atoms with Crippen molar-refractivity contribution in [3.63, 3.8) is 0 Å². The van der Waals surface area contributed by atoms with E-state index in [1.54, 1.807) is 39.8 Å². The molecule has 144 valence electrons. The zero-order valence-electron chi connectivity index (χ0n) is 15.7. The van der Waals surface area contributed by atoms with Crippen molar-refractivity contribution in [2.45, 2.75) is 64.4 Å². The summed E-state index contributed by atoms with van der Waals surface area (Å²) in [4.78, 5) is 12.3. The van der Waals surface area contributed by atoms with Crippen LogP contribution in [0, 0.1) is 12.8 Å². The molecule has 0 aliphatic rings. The van der Waals surface area contributed by atoms with Gasteiger partial charge in [0.15, 0.2) is 0 Å². The third-order valence-electron chi connectivity index (χ3n) is 3.75. The average Bonchev–Trinajstić information content (AvgIpc) is 2.44. The molecule has 2 atom stereocenters. The van der Waals surface area contributed by atoms with Crippen LogP contribution >= 0.6 is 12.4 Å². The Hall–Kier alpha value is -1.15. The molecule has 0 aliphatic heterocycles. The first kappa shape index (κ1) is 23.9. The van der Waals surface area contributed by atoms with Crippen molar-refractivity contribution in [2.24, 2.45) is 11.7 Å². The Balaban J connectivity index is 0.00000576. The SMILES string of the molecule is CCC(C)C(N)C(=O)Nc1ccc(C)c(S(=O)(=O)NC(C)(C)C)c1.Cl. The van der Waals surface area contributed by atoms with Crippen LogP contribution < -0.4 is 15.8 Å². The summed E-state index contributed by atoms with van der Waals surface area (Å²) in [6.45, 7) is 10.9. The van der Waals surface area contributed by atoms with Gasteiger partial charge in [-0.2, -0.15) is 0 Å². The first-order valence-electron chi connectivity index (χ1n) is 8.08. The molecule has 2 unspecified atom stereocenters. The van der Waals surface area contributed by atoms with Crippen molar-refractivity contribution in [1.82, 2.24) is 4.72 Å². The molecule has 0 fully saturated rings. The fraction of sp³-hybridized carbons (Fsp3) is 0.588. The van der Waals surface area contributed by atoms with E-state index in [0.717, 1.165) is 6.42 Å². The molecular formula is C17H30ClN3O3S. The van der Waals surface area contributed by atoms with E-state index < -0.39 is 21.6 Å². The van der Waals surface area contributed by atoms with E-state index in [1.807, 2.05) is 13.8 Å². The third kappa shape index (κ3) is 6.93. The number of amides is 1. The summed E-state index contributed by atoms with van der Waals surface area (Å²) in [5.41, 5.74) is 6.34. The van der Waals surface area contributed by atoms with E-state index in [4.69, 9.17) is 5.73 Å². The minimum atomic E-state index is -3.68. The highest BCUT2D eigenvalue weighted by molar-refractivity contribution is 7.89. The first-order chi connectivity index (χ1) is 10.9. The molecule has 6 nitrogen and oxygen atoms in total. The Labute approximate surface area is 157 Å². The Bertz CT molecular complexity index is 700. The van der Waals surface area contributed by atoms with Crippen LogP contribution in [0.4, 0.5) is 5.69 Å². The van der Waals surface area contributed by atoms with Gasteiger partial charge in [0.2, 0.25) is 15.9 Å². The first-order valence-corrected chi connectivity index (χ1v) is 9.56. The molecule has 0 aliphatic carbocycles. The van der Waals surface area contributed by atoms with Crippen LogP contribution in [-0.2, 0) is 14.8 Å². The van der Waals surface area contributed by atoms with E-state index in [-0.39, 0.29) is 29.1 Å². The van der Waals surface area contributed by atoms with Gasteiger partial charge in [0.05, 0.1) is 10.9 Å². The highest BCUT2D eigenvalue weighted by Gasteiger charge is 2.25. The molecule has 0 radical (unpaired) electrons. The summed E-state index contributed by atoms with van der Waals surface area (Å²) in [6.07, 6.45) is 0.789. The van der Waals surface area contributed by atoms with E-state index in [2.05, 4.69) is 10.0 Å². The highest BCUT2D eigenvalue weighted by atomic mass is 35.5. The Morgan fingerprint density at radius 2 is 1.84 bits per heavy atom. The predicted octanol–water partition coefficient (Wildman–Crippen LogP) is 2.81. The third-order valence-corrected chi connectivity index (χ3v) is 5.65. The molecular weight excluding hydrogens is 362 g/mol. The average molecular weight is 392 g/mol. The second-order valence-corrected chi connectivity index (χ2v) is 8.89. The molecule has 0 saturated carbocycles. The zero-order chi connectivity index (χ0) is 18.7. The van der Waals surface area contributed by atoms with Crippen LogP contribution in [0.1, 0.15) is 46.6 Å². The number of nitrogens with one attached hydrogen (secondary N) is 2. The largest absolute Gasteiger partial charge is 0.325 e. The molecule has 0 aromatic heterocycles. The lowest BCUT2D eigenvalue weighted by atomic mass is 9.99. The fourth-order valence-corrected chi connectivity index (χ4v) is 3.85. The summed E-state index contributed by atoms with van der Waals surface area (Å²) in [5, 5.41) is 2.70. The van der Waals surface area contributed by atoms with Gasteiger partial charge in [-0.1, -0.05) is 26.3 Å². The van der Waals surface area contributed by atoms with Crippen LogP contribution in [0.25, 0.3) is 0 Å². The molecule has 8 heteroatoms. The van der Waals surface area contributed by atoms with Gasteiger partial charge in [-0.3, -0.25) is 4.79 Å². The number of hydrogen-bond donors (Lipinski definition) is 3. The van der Waals surface area contributed by atoms with Gasteiger partial charge >= 0.3 is 0 Å². The molecule has 1 aromatic carbocycles. The molecule has 1 amide bonds. The molecule has 25 heavy (non-hydrogen) atoms. The number of sulfonamides is 1. The van der Waals surface area contributed by atoms with Gasteiger partial charge < -0.3 is 11.1 Å². The maximum Gasteiger partial charge on any atom is 0.241 e. The number of aryl methyl sites for hydroxylation is 1. The van der Waals surface area contributed by atoms with Crippen molar-refractivity contribution in [1.29, 1.82) is 0 Å². The van der Waals surface area contributed by atoms with Crippen LogP contribution in [0.15, 0.2) is 23.1 Å². The number of benzene rings is 1. The maximum absolute atomic E-state index is 12.5. The number of carbonyl (C=O) groups is 1. The summed E-state index contributed by atoms with van der Waals surface area (Å²) < 4.78 is 27.7. The Kier molecular flexibility index (Phi) is 8.57. The summed E-state index contributed by atoms with van der Waals surface area (Å²) in [6, 6.07) is 4.17. The standard InChI is InChI=1S/C17H29N3O3S.ClH/c1-7-11(2)15(18)16(21)19-13-9-8-12(3)14(10-13)24(22,23)20-17(4,5)6;/h8-11,15,20H,7,18H2,1-6H3,(H,19,21);1H. The summed E-state index contributed by atoms with van der Waals surface area (Å²) in [7, 11) is -3.68. The van der Waals surface area contributed by atoms with E-state index >= 15 is 0 Å². The number of rotatable bonds is 6. The van der Waals surface area contributed by atoms with Crippen molar-refractivity contribution in [3.8, 4) is 0 Å². The van der Waals surface area contributed by atoms with Crippen LogP contribution in [0.2, 0.25) is 0 Å². The lowest BCUT2D eigenvalue weighted by molar-refractivity contribution is -0.118. The van der Waals surface area contributed by atoms with Crippen molar-refractivity contribution < 1.29 is 13.2 Å². The van der Waals surface area contributed by atoms with Gasteiger partial charge in [-0.15, -0.1) is 12.4 Å². The normalized spacial score (nSPS) is 14.4. The zero-order valence-corrected chi connectivity index (χ0v) is 17.3. The van der Waals surface area contributed by atoms with Crippen LogP contribution in [0.5, 0.6) is 0 Å². The van der Waals surface area contributed by atoms with Gasteiger partial charge in [0.25, 0.3) is 0 Å². The monoisotopic (exact) mass is 391 g/mol. The number of anilines is 1. The number of nitrogens with two attached hydrogens (primary N) is 1. The molecule has 0 saturated heterocycles. The Morgan fingerprint density at radius 3 is 2.32 bits per heavy atom. The van der Waals surface area contributed by atoms with Crippen LogP contribution in [-0.4, -0.2) is 25.9 Å². The summed E-state index contributed by atoms with van der Waals surface area (Å²) >= 11 is 0. The minimum absolute atomic E-state index is 0. The van der Waals surface area contributed by atoms with Gasteiger partial charge in [-0.05, 0) is 51.3 Å². The van der Waals surface area contributed by atoms with Crippen molar-refractivity contribution in [3.05, 3.63) is 23.8 Å². The fourth-order valence-electron chi connectivity index (χ4n) is 2.16. The molecule has 1 aromatic rings. The molecule has 1 rings (SSSR count). The number of carbonyl (C=O) groups excluding carboxylic acids is 1. The van der Waals surface area contributed by atoms with Crippen LogP contribution in [0.3, 0.4) is 0 Å². The molecule has 0 heterocycles. The Morgan fingerprint density at radius 1 is 1.28 bits per heavy atom. The maximum atomic E-state index is 12.5. The molecule has 0 bridgehead atoms. The van der Waals surface area contributed by atoms with Gasteiger partial charge in [0.1, 0.15) is 0 Å². The minimum Gasteiger partial charge on any atom is -0.325 e. The van der Waals surface area contributed by atoms with Gasteiger partial charge in [0, 0.05) is 11.2 Å².